The molecule has 4 heteroatoms. The molecule has 0 radical (unpaired) electrons. The topological polar surface area (TPSA) is 42.8 Å². The van der Waals surface area contributed by atoms with E-state index in [4.69, 9.17) is 4.74 Å². The van der Waals surface area contributed by atoms with Crippen LogP contribution in [0.1, 0.15) is 27.2 Å². The van der Waals surface area contributed by atoms with E-state index in [2.05, 4.69) is 19.4 Å². The van der Waals surface area contributed by atoms with E-state index in [0.717, 1.165) is 19.4 Å². The smallest absolute Gasteiger partial charge is 0.407 e. The molecule has 0 saturated carbocycles. The second-order valence-electron chi connectivity index (χ2n) is 3.37. The molecule has 0 spiro atoms. The molecule has 0 unspecified atom stereocenters. The maximum atomic E-state index is 10.9. The predicted molar refractivity (Wildman–Crippen MR) is 58.7 cm³/mol. The lowest BCUT2D eigenvalue weighted by molar-refractivity contribution is -0.858. The van der Waals surface area contributed by atoms with E-state index in [1.807, 2.05) is 6.92 Å². The molecule has 4 nitrogen and oxygen atoms in total. The summed E-state index contributed by atoms with van der Waals surface area (Å²) in [4.78, 5) is 12.3. The Kier molecular flexibility index (Phi) is 11.6. The Morgan fingerprint density at radius 3 is 2.57 bits per heavy atom. The summed E-state index contributed by atoms with van der Waals surface area (Å²) < 4.78 is 4.84. The molecule has 0 atom stereocenters. The fourth-order valence-electron chi connectivity index (χ4n) is 0.878. The summed E-state index contributed by atoms with van der Waals surface area (Å²) >= 11 is 0. The van der Waals surface area contributed by atoms with Crippen LogP contribution in [0.2, 0.25) is 0 Å². The van der Waals surface area contributed by atoms with Crippen molar-refractivity contribution >= 4 is 6.09 Å². The molecule has 0 saturated heterocycles. The Morgan fingerprint density at radius 1 is 1.43 bits per heavy atom. The van der Waals surface area contributed by atoms with Crippen LogP contribution in [0.5, 0.6) is 0 Å². The molecule has 0 aliphatic rings. The molecule has 0 bridgehead atoms. The molecule has 0 aliphatic carbocycles. The number of amides is 1. The van der Waals surface area contributed by atoms with Gasteiger partial charge in [-0.2, -0.15) is 0 Å². The van der Waals surface area contributed by atoms with Gasteiger partial charge in [-0.05, 0) is 6.42 Å². The van der Waals surface area contributed by atoms with Gasteiger partial charge < -0.3 is 15.0 Å². The molecule has 0 aromatic rings. The molecule has 1 amide bonds. The lowest BCUT2D eigenvalue weighted by Gasteiger charge is -2.08. The van der Waals surface area contributed by atoms with Gasteiger partial charge in [0.05, 0.1) is 27.2 Å². The highest BCUT2D eigenvalue weighted by Gasteiger charge is 2.00. The van der Waals surface area contributed by atoms with Gasteiger partial charge in [0.1, 0.15) is 0 Å². The molecule has 14 heavy (non-hydrogen) atoms. The van der Waals surface area contributed by atoms with Crippen molar-refractivity contribution in [3.05, 3.63) is 0 Å². The lowest BCUT2D eigenvalue weighted by Crippen LogP contribution is -3.05. The first-order valence-corrected chi connectivity index (χ1v) is 4.86. The van der Waals surface area contributed by atoms with E-state index in [1.165, 1.54) is 4.90 Å². The second kappa shape index (κ2) is 10.3. The summed E-state index contributed by atoms with van der Waals surface area (Å²) in [5.74, 6) is 0. The fraction of sp³-hybridized carbons (Fsp3) is 0.900. The van der Waals surface area contributed by atoms with Crippen molar-refractivity contribution in [3.8, 4) is 0 Å². The highest BCUT2D eigenvalue weighted by atomic mass is 16.5. The Balaban J connectivity index is 0. The summed E-state index contributed by atoms with van der Waals surface area (Å²) in [5.41, 5.74) is 0. The van der Waals surface area contributed by atoms with Crippen molar-refractivity contribution in [2.45, 2.75) is 27.2 Å². The number of quaternary nitrogens is 1. The van der Waals surface area contributed by atoms with Gasteiger partial charge in [0.25, 0.3) is 0 Å². The van der Waals surface area contributed by atoms with E-state index >= 15 is 0 Å². The molecular formula is C10H25N2O2+. The zero-order valence-corrected chi connectivity index (χ0v) is 8.85. The standard InChI is InChI=1S/C9H20N2O2.CH4/c1-4-8-13-9(12)10-6-5-7-11(2)3;/h4-8H2,1-3H3,(H,10,12);1H4/p+1. The molecule has 0 rings (SSSR count). The van der Waals surface area contributed by atoms with Gasteiger partial charge in [0.15, 0.2) is 0 Å². The summed E-state index contributed by atoms with van der Waals surface area (Å²) in [6.07, 6.45) is 1.56. The maximum absolute atomic E-state index is 10.9. The number of nitrogens with one attached hydrogen (secondary N) is 2. The van der Waals surface area contributed by atoms with Gasteiger partial charge in [-0.25, -0.2) is 4.79 Å². The number of ether oxygens (including phenoxy) is 1. The van der Waals surface area contributed by atoms with Crippen LogP contribution in [0.15, 0.2) is 0 Å². The first kappa shape index (κ1) is 15.7. The van der Waals surface area contributed by atoms with Crippen LogP contribution in [0, 0.1) is 0 Å². The van der Waals surface area contributed by atoms with E-state index < -0.39 is 0 Å². The largest absolute Gasteiger partial charge is 0.450 e. The minimum Gasteiger partial charge on any atom is -0.450 e. The Morgan fingerprint density at radius 2 is 2.07 bits per heavy atom. The zero-order valence-electron chi connectivity index (χ0n) is 8.85. The maximum Gasteiger partial charge on any atom is 0.407 e. The van der Waals surface area contributed by atoms with E-state index in [0.29, 0.717) is 13.2 Å². The molecule has 0 aliphatic heterocycles. The minimum atomic E-state index is -0.296. The van der Waals surface area contributed by atoms with Crippen LogP contribution < -0.4 is 10.2 Å². The molecule has 0 fully saturated rings. The normalized spacial score (nSPS) is 9.43. The van der Waals surface area contributed by atoms with E-state index in [-0.39, 0.29) is 13.5 Å². The molecule has 0 aromatic heterocycles. The summed E-state index contributed by atoms with van der Waals surface area (Å²) in [5, 5.41) is 2.70. The average Bonchev–Trinajstić information content (AvgIpc) is 2.08. The van der Waals surface area contributed by atoms with Crippen LogP contribution in [0.25, 0.3) is 0 Å². The fourth-order valence-corrected chi connectivity index (χ4v) is 0.878. The number of alkyl carbamates (subject to hydrolysis) is 1. The van der Waals surface area contributed by atoms with Crippen molar-refractivity contribution in [2.75, 3.05) is 33.8 Å². The van der Waals surface area contributed by atoms with Crippen molar-refractivity contribution < 1.29 is 14.4 Å². The number of carbonyl (C=O) groups is 1. The van der Waals surface area contributed by atoms with Crippen LogP contribution in [0.4, 0.5) is 4.79 Å². The predicted octanol–water partition coefficient (Wildman–Crippen LogP) is 0.293. The van der Waals surface area contributed by atoms with Gasteiger partial charge in [-0.1, -0.05) is 14.4 Å². The number of hydrogen-bond acceptors (Lipinski definition) is 2. The highest BCUT2D eigenvalue weighted by Crippen LogP contribution is 1.81. The second-order valence-corrected chi connectivity index (χ2v) is 3.37. The van der Waals surface area contributed by atoms with Gasteiger partial charge in [-0.3, -0.25) is 0 Å². The van der Waals surface area contributed by atoms with Crippen LogP contribution in [-0.2, 0) is 4.74 Å². The summed E-state index contributed by atoms with van der Waals surface area (Å²) in [6, 6.07) is 0. The zero-order chi connectivity index (χ0) is 10.1. The third-order valence-corrected chi connectivity index (χ3v) is 1.56. The third-order valence-electron chi connectivity index (χ3n) is 1.56. The first-order valence-electron chi connectivity index (χ1n) is 4.86. The van der Waals surface area contributed by atoms with Crippen LogP contribution in [0.3, 0.4) is 0 Å². The van der Waals surface area contributed by atoms with Crippen LogP contribution in [-0.4, -0.2) is 39.9 Å². The molecular weight excluding hydrogens is 180 g/mol. The number of hydrogen-bond donors (Lipinski definition) is 2. The van der Waals surface area contributed by atoms with Gasteiger partial charge in [0, 0.05) is 13.0 Å². The molecule has 86 valence electrons. The Hall–Kier alpha value is -0.770. The van der Waals surface area contributed by atoms with Gasteiger partial charge >= 0.3 is 6.09 Å². The quantitative estimate of drug-likeness (QED) is 0.612. The number of rotatable bonds is 6. The highest BCUT2D eigenvalue weighted by molar-refractivity contribution is 5.66. The Bertz CT molecular complexity index is 138. The lowest BCUT2D eigenvalue weighted by atomic mass is 10.4. The third kappa shape index (κ3) is 11.2. The van der Waals surface area contributed by atoms with Crippen molar-refractivity contribution in [1.29, 1.82) is 0 Å². The minimum absolute atomic E-state index is 0. The SMILES string of the molecule is C.CCCOC(=O)NCCC[NH+](C)C. The van der Waals surface area contributed by atoms with Crippen molar-refractivity contribution in [2.24, 2.45) is 0 Å². The number of carbonyl (C=O) groups excluding carboxylic acids is 1. The molecule has 2 N–H and O–H groups in total. The molecule has 0 aromatic carbocycles. The van der Waals surface area contributed by atoms with Crippen LogP contribution >= 0.6 is 0 Å². The average molecular weight is 205 g/mol. The molecule has 0 heterocycles. The van der Waals surface area contributed by atoms with Gasteiger partial charge in [0.2, 0.25) is 0 Å². The van der Waals surface area contributed by atoms with Gasteiger partial charge in [-0.15, -0.1) is 0 Å². The van der Waals surface area contributed by atoms with Crippen molar-refractivity contribution in [3.63, 3.8) is 0 Å². The summed E-state index contributed by atoms with van der Waals surface area (Å²) in [7, 11) is 4.19. The summed E-state index contributed by atoms with van der Waals surface area (Å²) in [6.45, 7) is 4.25. The monoisotopic (exact) mass is 205 g/mol. The Labute approximate surface area is 87.6 Å². The van der Waals surface area contributed by atoms with E-state index in [1.54, 1.807) is 0 Å². The van der Waals surface area contributed by atoms with Crippen molar-refractivity contribution in [1.82, 2.24) is 5.32 Å². The first-order chi connectivity index (χ1) is 6.16. The van der Waals surface area contributed by atoms with E-state index in [9.17, 15) is 4.79 Å².